The minimum absolute atomic E-state index is 0.0701. The van der Waals surface area contributed by atoms with E-state index in [-0.39, 0.29) is 17.4 Å². The first-order valence-corrected chi connectivity index (χ1v) is 6.24. The summed E-state index contributed by atoms with van der Waals surface area (Å²) in [6.07, 6.45) is 0.552. The van der Waals surface area contributed by atoms with Crippen LogP contribution < -0.4 is 10.5 Å². The molecule has 0 amide bonds. The predicted octanol–water partition coefficient (Wildman–Crippen LogP) is 3.45. The van der Waals surface area contributed by atoms with Gasteiger partial charge in [-0.3, -0.25) is 0 Å². The van der Waals surface area contributed by atoms with Crippen LogP contribution in [0.25, 0.3) is 0 Å². The Labute approximate surface area is 116 Å². The molecule has 1 aromatic carbocycles. The van der Waals surface area contributed by atoms with Crippen molar-refractivity contribution in [3.63, 3.8) is 0 Å². The standard InChI is InChI=1S/C12H10BrF2N3O/c1-2-10-17-9(16)5-11(18-10)19-8-4-6(13)3-7(14)12(8)15/h3-5H,2H2,1H3,(H2,16,17,18). The number of hydrogen-bond acceptors (Lipinski definition) is 4. The molecule has 19 heavy (non-hydrogen) atoms. The van der Waals surface area contributed by atoms with Gasteiger partial charge in [-0.1, -0.05) is 22.9 Å². The van der Waals surface area contributed by atoms with Crippen LogP contribution in [0.15, 0.2) is 22.7 Å². The van der Waals surface area contributed by atoms with E-state index in [1.54, 1.807) is 0 Å². The van der Waals surface area contributed by atoms with Crippen LogP contribution in [-0.4, -0.2) is 9.97 Å². The van der Waals surface area contributed by atoms with Crippen molar-refractivity contribution in [2.75, 3.05) is 5.73 Å². The molecule has 0 bridgehead atoms. The van der Waals surface area contributed by atoms with E-state index in [0.717, 1.165) is 6.07 Å². The zero-order chi connectivity index (χ0) is 14.0. The molecule has 2 N–H and O–H groups in total. The van der Waals surface area contributed by atoms with Crippen LogP contribution >= 0.6 is 15.9 Å². The summed E-state index contributed by atoms with van der Waals surface area (Å²) in [5.74, 6) is -1.63. The van der Waals surface area contributed by atoms with E-state index in [1.807, 2.05) is 6.92 Å². The van der Waals surface area contributed by atoms with E-state index in [2.05, 4.69) is 25.9 Å². The molecule has 0 aliphatic carbocycles. The Morgan fingerprint density at radius 1 is 1.26 bits per heavy atom. The van der Waals surface area contributed by atoms with Gasteiger partial charge in [0.2, 0.25) is 11.7 Å². The van der Waals surface area contributed by atoms with Crippen molar-refractivity contribution in [3.8, 4) is 11.6 Å². The van der Waals surface area contributed by atoms with Gasteiger partial charge in [-0.2, -0.15) is 9.37 Å². The SMILES string of the molecule is CCc1nc(N)cc(Oc2cc(Br)cc(F)c2F)n1. The Hall–Kier alpha value is -1.76. The van der Waals surface area contributed by atoms with E-state index in [4.69, 9.17) is 10.5 Å². The van der Waals surface area contributed by atoms with Gasteiger partial charge >= 0.3 is 0 Å². The molecule has 0 saturated heterocycles. The minimum Gasteiger partial charge on any atom is -0.436 e. The fourth-order valence-electron chi connectivity index (χ4n) is 1.42. The fourth-order valence-corrected chi connectivity index (χ4v) is 1.83. The lowest BCUT2D eigenvalue weighted by molar-refractivity contribution is 0.403. The summed E-state index contributed by atoms with van der Waals surface area (Å²) in [5.41, 5.74) is 5.58. The van der Waals surface area contributed by atoms with Gasteiger partial charge in [0.05, 0.1) is 0 Å². The summed E-state index contributed by atoms with van der Waals surface area (Å²) in [7, 11) is 0. The van der Waals surface area contributed by atoms with Crippen molar-refractivity contribution in [2.24, 2.45) is 0 Å². The van der Waals surface area contributed by atoms with Crippen molar-refractivity contribution in [3.05, 3.63) is 40.1 Å². The minimum atomic E-state index is -1.08. The Morgan fingerprint density at radius 3 is 2.68 bits per heavy atom. The number of ether oxygens (including phenoxy) is 1. The second-order valence-corrected chi connectivity index (χ2v) is 4.62. The molecule has 0 fully saturated rings. The second-order valence-electron chi connectivity index (χ2n) is 3.70. The molecule has 2 rings (SSSR count). The lowest BCUT2D eigenvalue weighted by Gasteiger charge is -2.08. The van der Waals surface area contributed by atoms with Gasteiger partial charge in [-0.15, -0.1) is 0 Å². The van der Waals surface area contributed by atoms with Crippen LogP contribution in [0.5, 0.6) is 11.6 Å². The van der Waals surface area contributed by atoms with Crippen molar-refractivity contribution in [1.29, 1.82) is 0 Å². The summed E-state index contributed by atoms with van der Waals surface area (Å²) < 4.78 is 32.4. The number of nitrogens with zero attached hydrogens (tertiary/aromatic N) is 2. The van der Waals surface area contributed by atoms with Gasteiger partial charge in [-0.05, 0) is 12.1 Å². The number of benzene rings is 1. The van der Waals surface area contributed by atoms with Crippen LogP contribution in [0.1, 0.15) is 12.7 Å². The van der Waals surface area contributed by atoms with Crippen molar-refractivity contribution in [2.45, 2.75) is 13.3 Å². The zero-order valence-corrected chi connectivity index (χ0v) is 11.5. The quantitative estimate of drug-likeness (QED) is 0.876. The molecule has 0 spiro atoms. The van der Waals surface area contributed by atoms with E-state index in [0.29, 0.717) is 16.7 Å². The van der Waals surface area contributed by atoms with E-state index in [9.17, 15) is 8.78 Å². The highest BCUT2D eigenvalue weighted by atomic mass is 79.9. The van der Waals surface area contributed by atoms with Gasteiger partial charge in [0, 0.05) is 17.0 Å². The third kappa shape index (κ3) is 3.17. The highest BCUT2D eigenvalue weighted by Crippen LogP contribution is 2.29. The first kappa shape index (κ1) is 13.7. The zero-order valence-electron chi connectivity index (χ0n) is 9.95. The molecule has 1 heterocycles. The first-order valence-electron chi connectivity index (χ1n) is 5.45. The molecule has 100 valence electrons. The van der Waals surface area contributed by atoms with Gasteiger partial charge < -0.3 is 10.5 Å². The molecule has 7 heteroatoms. The van der Waals surface area contributed by atoms with Crippen LogP contribution in [0, 0.1) is 11.6 Å². The molecule has 0 atom stereocenters. The van der Waals surface area contributed by atoms with Crippen molar-refractivity contribution >= 4 is 21.7 Å². The summed E-state index contributed by atoms with van der Waals surface area (Å²) in [4.78, 5) is 7.99. The molecule has 1 aromatic heterocycles. The molecular formula is C12H10BrF2N3O. The van der Waals surface area contributed by atoms with Gasteiger partial charge in [0.1, 0.15) is 11.6 Å². The summed E-state index contributed by atoms with van der Waals surface area (Å²) in [6.45, 7) is 1.85. The molecule has 0 aliphatic heterocycles. The van der Waals surface area contributed by atoms with Crippen molar-refractivity contribution < 1.29 is 13.5 Å². The number of hydrogen-bond donors (Lipinski definition) is 1. The Kier molecular flexibility index (Phi) is 3.94. The second kappa shape index (κ2) is 5.48. The average molecular weight is 330 g/mol. The number of nitrogen functional groups attached to an aromatic ring is 1. The topological polar surface area (TPSA) is 61.0 Å². The monoisotopic (exact) mass is 329 g/mol. The number of halogens is 3. The van der Waals surface area contributed by atoms with Crippen LogP contribution in [-0.2, 0) is 6.42 Å². The lowest BCUT2D eigenvalue weighted by atomic mass is 10.3. The molecule has 0 saturated carbocycles. The van der Waals surface area contributed by atoms with E-state index >= 15 is 0 Å². The normalized spacial score (nSPS) is 10.5. The smallest absolute Gasteiger partial charge is 0.224 e. The highest BCUT2D eigenvalue weighted by molar-refractivity contribution is 9.10. The summed E-state index contributed by atoms with van der Waals surface area (Å²) in [6, 6.07) is 3.66. The van der Waals surface area contributed by atoms with Gasteiger partial charge in [0.25, 0.3) is 0 Å². The first-order chi connectivity index (χ1) is 8.99. The maximum Gasteiger partial charge on any atom is 0.224 e. The summed E-state index contributed by atoms with van der Waals surface area (Å²) >= 11 is 3.06. The highest BCUT2D eigenvalue weighted by Gasteiger charge is 2.13. The molecular weight excluding hydrogens is 320 g/mol. The average Bonchev–Trinajstić information content (AvgIpc) is 2.34. The number of rotatable bonds is 3. The van der Waals surface area contributed by atoms with Gasteiger partial charge in [-0.25, -0.2) is 9.37 Å². The number of aromatic nitrogens is 2. The molecule has 2 aromatic rings. The van der Waals surface area contributed by atoms with Crippen molar-refractivity contribution in [1.82, 2.24) is 9.97 Å². The van der Waals surface area contributed by atoms with Gasteiger partial charge in [0.15, 0.2) is 11.6 Å². The number of nitrogens with two attached hydrogens (primary N) is 1. The molecule has 4 nitrogen and oxygen atoms in total. The van der Waals surface area contributed by atoms with E-state index in [1.165, 1.54) is 12.1 Å². The number of aryl methyl sites for hydroxylation is 1. The Balaban J connectivity index is 2.38. The Bertz CT molecular complexity index is 622. The largest absolute Gasteiger partial charge is 0.436 e. The maximum absolute atomic E-state index is 13.6. The molecule has 0 radical (unpaired) electrons. The van der Waals surface area contributed by atoms with Crippen LogP contribution in [0.3, 0.4) is 0 Å². The third-order valence-electron chi connectivity index (χ3n) is 2.26. The van der Waals surface area contributed by atoms with Crippen LogP contribution in [0.2, 0.25) is 0 Å². The van der Waals surface area contributed by atoms with Crippen LogP contribution in [0.4, 0.5) is 14.6 Å². The summed E-state index contributed by atoms with van der Waals surface area (Å²) in [5, 5.41) is 0. The molecule has 0 unspecified atom stereocenters. The molecule has 0 aliphatic rings. The lowest BCUT2D eigenvalue weighted by Crippen LogP contribution is -2.01. The predicted molar refractivity (Wildman–Crippen MR) is 70.0 cm³/mol. The third-order valence-corrected chi connectivity index (χ3v) is 2.72. The number of anilines is 1. The van der Waals surface area contributed by atoms with E-state index < -0.39 is 11.6 Å². The fraction of sp³-hybridized carbons (Fsp3) is 0.167. The maximum atomic E-state index is 13.6. The Morgan fingerprint density at radius 2 is 2.00 bits per heavy atom.